The Morgan fingerprint density at radius 3 is 2.30 bits per heavy atom. The highest BCUT2D eigenvalue weighted by Crippen LogP contribution is 2.38. The number of hydrogen-bond acceptors (Lipinski definition) is 3. The number of benzene rings is 1. The number of nitrogens with one attached hydrogen (secondary N) is 1. The number of rotatable bonds is 6. The highest BCUT2D eigenvalue weighted by molar-refractivity contribution is 6.32. The Balaban J connectivity index is 3.01. The van der Waals surface area contributed by atoms with Gasteiger partial charge in [0.1, 0.15) is 0 Å². The van der Waals surface area contributed by atoms with Gasteiger partial charge in [-0.15, -0.1) is 0 Å². The summed E-state index contributed by atoms with van der Waals surface area (Å²) >= 11 is 6.27. The maximum Gasteiger partial charge on any atom is 0.179 e. The largest absolute Gasteiger partial charge is 0.493 e. The minimum atomic E-state index is 0.256. The number of halogens is 1. The molecule has 0 fully saturated rings. The maximum atomic E-state index is 6.27. The van der Waals surface area contributed by atoms with Crippen molar-refractivity contribution in [3.8, 4) is 11.5 Å². The molecule has 4 heteroatoms. The molecule has 0 aromatic heterocycles. The molecule has 114 valence electrons. The van der Waals surface area contributed by atoms with Gasteiger partial charge in [0.2, 0.25) is 0 Å². The van der Waals surface area contributed by atoms with Crippen molar-refractivity contribution in [3.63, 3.8) is 0 Å². The van der Waals surface area contributed by atoms with Gasteiger partial charge in [-0.3, -0.25) is 0 Å². The molecule has 1 rings (SSSR count). The van der Waals surface area contributed by atoms with Crippen molar-refractivity contribution in [2.45, 2.75) is 39.7 Å². The Hall–Kier alpha value is -0.930. The molecule has 1 aromatic rings. The van der Waals surface area contributed by atoms with Gasteiger partial charge in [0.25, 0.3) is 0 Å². The van der Waals surface area contributed by atoms with E-state index in [2.05, 4.69) is 26.1 Å². The predicted molar refractivity (Wildman–Crippen MR) is 85.0 cm³/mol. The Morgan fingerprint density at radius 2 is 1.85 bits per heavy atom. The molecule has 0 bridgehead atoms. The first kappa shape index (κ1) is 17.1. The Morgan fingerprint density at radius 1 is 1.20 bits per heavy atom. The van der Waals surface area contributed by atoms with Crippen LogP contribution in [0, 0.1) is 5.41 Å². The summed E-state index contributed by atoms with van der Waals surface area (Å²) in [4.78, 5) is 0. The molecule has 0 aliphatic heterocycles. The third kappa shape index (κ3) is 4.57. The van der Waals surface area contributed by atoms with Crippen LogP contribution in [-0.4, -0.2) is 21.3 Å². The molecule has 1 aromatic carbocycles. The van der Waals surface area contributed by atoms with Gasteiger partial charge < -0.3 is 14.8 Å². The molecular formula is C16H26ClNO2. The molecule has 0 aliphatic carbocycles. The fourth-order valence-corrected chi connectivity index (χ4v) is 2.49. The van der Waals surface area contributed by atoms with Crippen LogP contribution in [0.25, 0.3) is 0 Å². The first-order valence-electron chi connectivity index (χ1n) is 6.91. The molecule has 0 aliphatic rings. The van der Waals surface area contributed by atoms with Crippen molar-refractivity contribution >= 4 is 11.6 Å². The average molecular weight is 300 g/mol. The summed E-state index contributed by atoms with van der Waals surface area (Å²) < 4.78 is 10.6. The molecule has 20 heavy (non-hydrogen) atoms. The van der Waals surface area contributed by atoms with Crippen LogP contribution in [0.15, 0.2) is 12.1 Å². The summed E-state index contributed by atoms with van der Waals surface area (Å²) in [5, 5.41) is 3.93. The minimum Gasteiger partial charge on any atom is -0.493 e. The van der Waals surface area contributed by atoms with Gasteiger partial charge in [-0.05, 0) is 43.0 Å². The van der Waals surface area contributed by atoms with Crippen LogP contribution >= 0.6 is 11.6 Å². The van der Waals surface area contributed by atoms with Crippen LogP contribution in [-0.2, 0) is 0 Å². The van der Waals surface area contributed by atoms with E-state index in [1.165, 1.54) is 0 Å². The van der Waals surface area contributed by atoms with Crippen LogP contribution in [0.4, 0.5) is 0 Å². The summed E-state index contributed by atoms with van der Waals surface area (Å²) in [6.45, 7) is 6.75. The second-order valence-corrected chi connectivity index (χ2v) is 6.59. The molecule has 0 heterocycles. The van der Waals surface area contributed by atoms with E-state index in [4.69, 9.17) is 21.1 Å². The van der Waals surface area contributed by atoms with E-state index in [-0.39, 0.29) is 6.04 Å². The van der Waals surface area contributed by atoms with Gasteiger partial charge in [0, 0.05) is 6.04 Å². The molecule has 0 saturated heterocycles. The predicted octanol–water partition coefficient (Wildman–Crippen LogP) is 4.44. The lowest BCUT2D eigenvalue weighted by Gasteiger charge is -2.24. The lowest BCUT2D eigenvalue weighted by atomic mass is 9.87. The van der Waals surface area contributed by atoms with Crippen LogP contribution in [0.5, 0.6) is 11.5 Å². The first-order chi connectivity index (χ1) is 9.32. The molecule has 1 atom stereocenters. The van der Waals surface area contributed by atoms with E-state index in [1.54, 1.807) is 14.2 Å². The van der Waals surface area contributed by atoms with Crippen molar-refractivity contribution in [1.82, 2.24) is 5.32 Å². The third-order valence-corrected chi connectivity index (χ3v) is 3.67. The minimum absolute atomic E-state index is 0.256. The topological polar surface area (TPSA) is 30.5 Å². The van der Waals surface area contributed by atoms with Crippen molar-refractivity contribution < 1.29 is 9.47 Å². The number of hydrogen-bond donors (Lipinski definition) is 1. The molecule has 0 amide bonds. The zero-order valence-electron chi connectivity index (χ0n) is 13.3. The second-order valence-electron chi connectivity index (χ2n) is 6.18. The third-order valence-electron chi connectivity index (χ3n) is 3.39. The van der Waals surface area contributed by atoms with Gasteiger partial charge in [-0.25, -0.2) is 0 Å². The highest BCUT2D eigenvalue weighted by atomic mass is 35.5. The molecule has 1 N–H and O–H groups in total. The lowest BCUT2D eigenvalue weighted by Crippen LogP contribution is -2.19. The zero-order valence-corrected chi connectivity index (χ0v) is 14.1. The van der Waals surface area contributed by atoms with Gasteiger partial charge in [-0.2, -0.15) is 0 Å². The molecule has 3 nitrogen and oxygen atoms in total. The van der Waals surface area contributed by atoms with Crippen LogP contribution < -0.4 is 14.8 Å². The number of ether oxygens (including phenoxy) is 2. The number of methoxy groups -OCH3 is 2. The van der Waals surface area contributed by atoms with Gasteiger partial charge in [0.15, 0.2) is 11.5 Å². The summed E-state index contributed by atoms with van der Waals surface area (Å²) in [5.41, 5.74) is 1.44. The van der Waals surface area contributed by atoms with Crippen molar-refractivity contribution in [1.29, 1.82) is 0 Å². The first-order valence-corrected chi connectivity index (χ1v) is 7.29. The van der Waals surface area contributed by atoms with E-state index in [9.17, 15) is 0 Å². The highest BCUT2D eigenvalue weighted by Gasteiger charge is 2.19. The monoisotopic (exact) mass is 299 g/mol. The van der Waals surface area contributed by atoms with E-state index in [0.717, 1.165) is 18.4 Å². The summed E-state index contributed by atoms with van der Waals surface area (Å²) in [6.07, 6.45) is 2.18. The van der Waals surface area contributed by atoms with Crippen LogP contribution in [0.1, 0.15) is 45.2 Å². The summed E-state index contributed by atoms with van der Waals surface area (Å²) in [6, 6.07) is 4.20. The van der Waals surface area contributed by atoms with Crippen molar-refractivity contribution in [2.75, 3.05) is 21.3 Å². The lowest BCUT2D eigenvalue weighted by molar-refractivity contribution is 0.335. The Kier molecular flexibility index (Phi) is 6.15. The molecule has 0 saturated carbocycles. The second kappa shape index (κ2) is 7.19. The molecule has 1 unspecified atom stereocenters. The van der Waals surface area contributed by atoms with Gasteiger partial charge in [0.05, 0.1) is 19.2 Å². The van der Waals surface area contributed by atoms with E-state index >= 15 is 0 Å². The van der Waals surface area contributed by atoms with E-state index in [0.29, 0.717) is 21.9 Å². The Labute approximate surface area is 127 Å². The maximum absolute atomic E-state index is 6.27. The van der Waals surface area contributed by atoms with Crippen LogP contribution in [0.3, 0.4) is 0 Å². The molecule has 0 spiro atoms. The zero-order chi connectivity index (χ0) is 15.3. The smallest absolute Gasteiger partial charge is 0.179 e. The van der Waals surface area contributed by atoms with Gasteiger partial charge in [-0.1, -0.05) is 32.4 Å². The summed E-state index contributed by atoms with van der Waals surface area (Å²) in [5.74, 6) is 1.26. The van der Waals surface area contributed by atoms with E-state index in [1.807, 2.05) is 19.2 Å². The fourth-order valence-electron chi connectivity index (χ4n) is 2.19. The van der Waals surface area contributed by atoms with Gasteiger partial charge >= 0.3 is 0 Å². The normalized spacial score (nSPS) is 13.2. The SMILES string of the molecule is CNC(CCC(C)(C)C)c1cc(Cl)c(OC)c(OC)c1. The average Bonchev–Trinajstić information content (AvgIpc) is 2.37. The molecule has 0 radical (unpaired) electrons. The van der Waals surface area contributed by atoms with E-state index < -0.39 is 0 Å². The quantitative estimate of drug-likeness (QED) is 0.842. The van der Waals surface area contributed by atoms with Crippen LogP contribution in [0.2, 0.25) is 5.02 Å². The fraction of sp³-hybridized carbons (Fsp3) is 0.625. The summed E-state index contributed by atoms with van der Waals surface area (Å²) in [7, 11) is 5.19. The van der Waals surface area contributed by atoms with Crippen molar-refractivity contribution in [2.24, 2.45) is 5.41 Å². The standard InChI is InChI=1S/C16H26ClNO2/c1-16(2,3)8-7-13(18-4)11-9-12(17)15(20-6)14(10-11)19-5/h9-10,13,18H,7-8H2,1-6H3. The Bertz CT molecular complexity index is 441. The molecular weight excluding hydrogens is 274 g/mol. The van der Waals surface area contributed by atoms with Crippen molar-refractivity contribution in [3.05, 3.63) is 22.7 Å².